The Bertz CT molecular complexity index is 608. The second-order valence-electron chi connectivity index (χ2n) is 4.26. The van der Waals surface area contributed by atoms with Gasteiger partial charge in [0.05, 0.1) is 18.1 Å². The molecule has 3 rings (SSSR count). The summed E-state index contributed by atoms with van der Waals surface area (Å²) >= 11 is 1.53. The van der Waals surface area contributed by atoms with Crippen LogP contribution in [0.15, 0.2) is 34.7 Å². The van der Waals surface area contributed by atoms with E-state index in [1.54, 1.807) is 4.90 Å². The molecule has 0 N–H and O–H groups in total. The normalized spacial score (nSPS) is 19.0. The summed E-state index contributed by atoms with van der Waals surface area (Å²) < 4.78 is 10.7. The summed E-state index contributed by atoms with van der Waals surface area (Å²) in [5.41, 5.74) is 0. The van der Waals surface area contributed by atoms with E-state index in [4.69, 9.17) is 9.26 Å². The van der Waals surface area contributed by atoms with Gasteiger partial charge in [-0.2, -0.15) is 4.98 Å². The Hall–Kier alpha value is -1.99. The number of nitrogens with zero attached hydrogens (tertiary/aromatic N) is 3. The highest BCUT2D eigenvalue weighted by Crippen LogP contribution is 2.27. The average Bonchev–Trinajstić information content (AvgIpc) is 3.17. The number of ether oxygens (including phenoxy) is 1. The largest absolute Gasteiger partial charge is 0.377 e. The third-order valence-electron chi connectivity index (χ3n) is 3.05. The molecule has 3 heterocycles. The molecule has 2 aromatic heterocycles. The molecule has 6 nitrogen and oxygen atoms in total. The molecule has 2 aromatic rings. The quantitative estimate of drug-likeness (QED) is 0.808. The number of thiophene rings is 1. The van der Waals surface area contributed by atoms with Crippen molar-refractivity contribution in [3.63, 3.8) is 0 Å². The van der Waals surface area contributed by atoms with Gasteiger partial charge in [0.2, 0.25) is 11.7 Å². The second kappa shape index (κ2) is 5.56. The zero-order chi connectivity index (χ0) is 13.9. The smallest absolute Gasteiger partial charge is 0.252 e. The van der Waals surface area contributed by atoms with Crippen LogP contribution in [0.25, 0.3) is 10.7 Å². The van der Waals surface area contributed by atoms with Crippen molar-refractivity contribution in [3.05, 3.63) is 36.1 Å². The van der Waals surface area contributed by atoms with Gasteiger partial charge in [-0.25, -0.2) is 0 Å². The van der Waals surface area contributed by atoms with Gasteiger partial charge in [0.25, 0.3) is 5.89 Å². The lowest BCUT2D eigenvalue weighted by atomic mass is 10.2. The Labute approximate surface area is 119 Å². The van der Waals surface area contributed by atoms with Gasteiger partial charge < -0.3 is 14.2 Å². The van der Waals surface area contributed by atoms with Gasteiger partial charge in [-0.15, -0.1) is 11.3 Å². The van der Waals surface area contributed by atoms with Crippen LogP contribution in [0.3, 0.4) is 0 Å². The molecular formula is C13H13N3O3S. The Balaban J connectivity index is 1.87. The molecule has 1 unspecified atom stereocenters. The van der Waals surface area contributed by atoms with E-state index in [1.807, 2.05) is 17.5 Å². The van der Waals surface area contributed by atoms with Crippen molar-refractivity contribution in [2.75, 3.05) is 19.8 Å². The molecule has 0 spiro atoms. The van der Waals surface area contributed by atoms with E-state index in [0.29, 0.717) is 31.5 Å². The molecular weight excluding hydrogens is 278 g/mol. The molecule has 0 radical (unpaired) electrons. The summed E-state index contributed by atoms with van der Waals surface area (Å²) in [6.07, 6.45) is 1.29. The van der Waals surface area contributed by atoms with E-state index in [1.165, 1.54) is 17.4 Å². The molecule has 1 aliphatic heterocycles. The van der Waals surface area contributed by atoms with E-state index >= 15 is 0 Å². The first-order valence-electron chi connectivity index (χ1n) is 6.18. The predicted molar refractivity (Wildman–Crippen MR) is 73.1 cm³/mol. The lowest BCUT2D eigenvalue weighted by molar-refractivity contribution is -0.135. The first kappa shape index (κ1) is 13.0. The van der Waals surface area contributed by atoms with Crippen LogP contribution in [-0.2, 0) is 9.53 Å². The number of carbonyl (C=O) groups is 1. The Morgan fingerprint density at radius 3 is 3.25 bits per heavy atom. The maximum Gasteiger partial charge on any atom is 0.252 e. The average molecular weight is 291 g/mol. The monoisotopic (exact) mass is 291 g/mol. The van der Waals surface area contributed by atoms with Crippen molar-refractivity contribution in [1.82, 2.24) is 15.0 Å². The van der Waals surface area contributed by atoms with E-state index in [-0.39, 0.29) is 11.9 Å². The second-order valence-corrected chi connectivity index (χ2v) is 5.21. The van der Waals surface area contributed by atoms with E-state index in [0.717, 1.165) is 4.88 Å². The number of rotatable bonds is 3. The van der Waals surface area contributed by atoms with Gasteiger partial charge in [0.15, 0.2) is 0 Å². The highest BCUT2D eigenvalue weighted by molar-refractivity contribution is 7.13. The third kappa shape index (κ3) is 2.37. The van der Waals surface area contributed by atoms with Gasteiger partial charge in [-0.05, 0) is 17.5 Å². The van der Waals surface area contributed by atoms with Crippen LogP contribution in [0.4, 0.5) is 0 Å². The number of morpholine rings is 1. The summed E-state index contributed by atoms with van der Waals surface area (Å²) in [5, 5.41) is 5.91. The number of hydrogen-bond acceptors (Lipinski definition) is 6. The minimum atomic E-state index is -0.351. The Morgan fingerprint density at radius 2 is 2.50 bits per heavy atom. The summed E-state index contributed by atoms with van der Waals surface area (Å²) in [7, 11) is 0. The SMILES string of the molecule is C=CC(=O)N1CCOCC1c1nc(-c2cccs2)no1. The van der Waals surface area contributed by atoms with Crippen LogP contribution in [0.5, 0.6) is 0 Å². The summed E-state index contributed by atoms with van der Waals surface area (Å²) in [5.74, 6) is 0.768. The molecule has 1 saturated heterocycles. The zero-order valence-corrected chi connectivity index (χ0v) is 11.5. The van der Waals surface area contributed by atoms with Crippen LogP contribution >= 0.6 is 11.3 Å². The summed E-state index contributed by atoms with van der Waals surface area (Å²) in [6.45, 7) is 4.86. The molecule has 104 valence electrons. The molecule has 0 aliphatic carbocycles. The topological polar surface area (TPSA) is 68.5 Å². The third-order valence-corrected chi connectivity index (χ3v) is 3.92. The molecule has 1 amide bonds. The standard InChI is InChI=1S/C13H13N3O3S/c1-2-11(17)16-5-6-18-8-9(16)13-14-12(15-19-13)10-4-3-7-20-10/h2-4,7,9H,1,5-6,8H2. The number of amides is 1. The first-order chi connectivity index (χ1) is 9.79. The molecule has 20 heavy (non-hydrogen) atoms. The molecule has 7 heteroatoms. The summed E-state index contributed by atoms with van der Waals surface area (Å²) in [6, 6.07) is 3.49. The molecule has 0 aromatic carbocycles. The number of aromatic nitrogens is 2. The maximum absolute atomic E-state index is 11.9. The van der Waals surface area contributed by atoms with Crippen LogP contribution in [-0.4, -0.2) is 40.7 Å². The van der Waals surface area contributed by atoms with Crippen molar-refractivity contribution in [2.45, 2.75) is 6.04 Å². The van der Waals surface area contributed by atoms with Crippen LogP contribution in [0.1, 0.15) is 11.9 Å². The zero-order valence-electron chi connectivity index (χ0n) is 10.7. The fourth-order valence-electron chi connectivity index (χ4n) is 2.07. The van der Waals surface area contributed by atoms with Crippen LogP contribution < -0.4 is 0 Å². The molecule has 1 atom stereocenters. The van der Waals surface area contributed by atoms with Crippen LogP contribution in [0, 0.1) is 0 Å². The molecule has 1 aliphatic rings. The lowest BCUT2D eigenvalue weighted by Gasteiger charge is -2.32. The van der Waals surface area contributed by atoms with E-state index < -0.39 is 0 Å². The van der Waals surface area contributed by atoms with Crippen molar-refractivity contribution < 1.29 is 14.1 Å². The maximum atomic E-state index is 11.9. The van der Waals surface area contributed by atoms with Gasteiger partial charge in [-0.1, -0.05) is 17.8 Å². The van der Waals surface area contributed by atoms with Crippen molar-refractivity contribution >= 4 is 17.2 Å². The Kier molecular flexibility index (Phi) is 3.62. The predicted octanol–water partition coefficient (Wildman–Crippen LogP) is 1.88. The fourth-order valence-corrected chi connectivity index (χ4v) is 2.71. The summed E-state index contributed by atoms with van der Waals surface area (Å²) in [4.78, 5) is 18.8. The fraction of sp³-hybridized carbons (Fsp3) is 0.308. The van der Waals surface area contributed by atoms with Crippen molar-refractivity contribution in [2.24, 2.45) is 0 Å². The molecule has 0 bridgehead atoms. The number of carbonyl (C=O) groups excluding carboxylic acids is 1. The minimum Gasteiger partial charge on any atom is -0.377 e. The highest BCUT2D eigenvalue weighted by atomic mass is 32.1. The minimum absolute atomic E-state index is 0.158. The van der Waals surface area contributed by atoms with Crippen molar-refractivity contribution in [1.29, 1.82) is 0 Å². The molecule has 0 saturated carbocycles. The number of hydrogen-bond donors (Lipinski definition) is 0. The highest BCUT2D eigenvalue weighted by Gasteiger charge is 2.31. The lowest BCUT2D eigenvalue weighted by Crippen LogP contribution is -2.42. The Morgan fingerprint density at radius 1 is 1.60 bits per heavy atom. The van der Waals surface area contributed by atoms with Gasteiger partial charge in [0, 0.05) is 6.54 Å². The van der Waals surface area contributed by atoms with Crippen LogP contribution in [0.2, 0.25) is 0 Å². The van der Waals surface area contributed by atoms with Gasteiger partial charge in [-0.3, -0.25) is 4.79 Å². The molecule has 1 fully saturated rings. The van der Waals surface area contributed by atoms with Crippen molar-refractivity contribution in [3.8, 4) is 10.7 Å². The van der Waals surface area contributed by atoms with E-state index in [9.17, 15) is 4.79 Å². The van der Waals surface area contributed by atoms with Gasteiger partial charge >= 0.3 is 0 Å². The first-order valence-corrected chi connectivity index (χ1v) is 7.06. The van der Waals surface area contributed by atoms with Gasteiger partial charge in [0.1, 0.15) is 6.04 Å². The van der Waals surface area contributed by atoms with E-state index in [2.05, 4.69) is 16.7 Å².